The van der Waals surface area contributed by atoms with Crippen molar-refractivity contribution < 1.29 is 22.7 Å². The van der Waals surface area contributed by atoms with E-state index >= 15 is 0 Å². The van der Waals surface area contributed by atoms with E-state index in [9.17, 15) is 22.8 Å². The number of rotatable bonds is 8. The summed E-state index contributed by atoms with van der Waals surface area (Å²) in [7, 11) is 0. The second-order valence-corrected chi connectivity index (χ2v) is 9.61. The number of carbonyl (C=O) groups is 1. The Kier molecular flexibility index (Phi) is 5.69. The first-order valence-corrected chi connectivity index (χ1v) is 10.7. The van der Waals surface area contributed by atoms with Crippen LogP contribution in [0.5, 0.6) is 5.75 Å². The average Bonchev–Trinajstić information content (AvgIpc) is 2.64. The summed E-state index contributed by atoms with van der Waals surface area (Å²) in [5.74, 6) is 0.527. The minimum absolute atomic E-state index is 0.0325. The van der Waals surface area contributed by atoms with Gasteiger partial charge < -0.3 is 10.1 Å². The van der Waals surface area contributed by atoms with E-state index in [0.717, 1.165) is 11.8 Å². The van der Waals surface area contributed by atoms with Crippen molar-refractivity contribution in [2.24, 2.45) is 5.41 Å². The van der Waals surface area contributed by atoms with Crippen molar-refractivity contribution in [2.75, 3.05) is 11.9 Å². The van der Waals surface area contributed by atoms with Gasteiger partial charge in [0.15, 0.2) is 5.78 Å². The highest BCUT2D eigenvalue weighted by Gasteiger charge is 2.68. The van der Waals surface area contributed by atoms with Crippen LogP contribution in [-0.2, 0) is 11.3 Å². The summed E-state index contributed by atoms with van der Waals surface area (Å²) >= 11 is 12.0. The molecule has 0 amide bonds. The number of benzene rings is 1. The molecular weight excluding hydrogens is 470 g/mol. The van der Waals surface area contributed by atoms with Crippen molar-refractivity contribution in [3.63, 3.8) is 0 Å². The zero-order chi connectivity index (χ0) is 23.3. The number of anilines is 1. The number of nitrogens with zero attached hydrogens (tertiary/aromatic N) is 2. The maximum absolute atomic E-state index is 12.7. The van der Waals surface area contributed by atoms with E-state index < -0.39 is 23.8 Å². The van der Waals surface area contributed by atoms with E-state index in [1.165, 1.54) is 0 Å². The zero-order valence-corrected chi connectivity index (χ0v) is 18.6. The normalized spacial score (nSPS) is 23.8. The van der Waals surface area contributed by atoms with Crippen LogP contribution in [0.3, 0.4) is 0 Å². The first-order valence-electron chi connectivity index (χ1n) is 9.91. The fourth-order valence-corrected chi connectivity index (χ4v) is 5.08. The highest BCUT2D eigenvalue weighted by atomic mass is 35.5. The molecule has 1 N–H and O–H groups in total. The largest absolute Gasteiger partial charge is 0.486 e. The van der Waals surface area contributed by atoms with Crippen LogP contribution in [0.2, 0.25) is 10.0 Å². The maximum Gasteiger partial charge on any atom is 0.408 e. The molecule has 172 valence electrons. The highest BCUT2D eigenvalue weighted by Crippen LogP contribution is 2.70. The predicted molar refractivity (Wildman–Crippen MR) is 114 cm³/mol. The number of ether oxygens (including phenoxy) is 1. The summed E-state index contributed by atoms with van der Waals surface area (Å²) in [6, 6.07) is 5.17. The van der Waals surface area contributed by atoms with Gasteiger partial charge in [0.2, 0.25) is 0 Å². The third-order valence-corrected chi connectivity index (χ3v) is 6.67. The van der Waals surface area contributed by atoms with Crippen LogP contribution in [0.1, 0.15) is 31.2 Å². The van der Waals surface area contributed by atoms with Crippen LogP contribution in [0.4, 0.5) is 18.9 Å². The fraction of sp³-hybridized carbons (Fsp3) is 0.476. The van der Waals surface area contributed by atoms with E-state index in [1.807, 2.05) is 6.92 Å². The molecule has 32 heavy (non-hydrogen) atoms. The predicted octanol–water partition coefficient (Wildman–Crippen LogP) is 4.79. The molecule has 2 aromatic rings. The molecule has 1 heterocycles. The van der Waals surface area contributed by atoms with Crippen molar-refractivity contribution in [1.82, 2.24) is 9.78 Å². The quantitative estimate of drug-likeness (QED) is 0.576. The lowest BCUT2D eigenvalue weighted by atomic mass is 9.38. The van der Waals surface area contributed by atoms with Gasteiger partial charge in [0, 0.05) is 17.0 Å². The van der Waals surface area contributed by atoms with Gasteiger partial charge >= 0.3 is 6.18 Å². The Balaban J connectivity index is 1.32. The van der Waals surface area contributed by atoms with Gasteiger partial charge in [0.05, 0.1) is 11.2 Å². The number of alkyl halides is 3. The molecule has 11 heteroatoms. The average molecular weight is 490 g/mol. The molecule has 3 saturated carbocycles. The smallest absolute Gasteiger partial charge is 0.408 e. The topological polar surface area (TPSA) is 73.2 Å². The van der Waals surface area contributed by atoms with Crippen molar-refractivity contribution in [3.05, 3.63) is 50.4 Å². The number of aryl methyl sites for hydroxylation is 1. The Bertz CT molecular complexity index is 1110. The van der Waals surface area contributed by atoms with Crippen molar-refractivity contribution >= 4 is 34.7 Å². The number of aromatic nitrogens is 2. The van der Waals surface area contributed by atoms with E-state index in [0.29, 0.717) is 41.1 Å². The molecule has 3 aliphatic rings. The van der Waals surface area contributed by atoms with Gasteiger partial charge in [0.25, 0.3) is 5.56 Å². The Morgan fingerprint density at radius 3 is 2.56 bits per heavy atom. The third kappa shape index (κ3) is 4.59. The van der Waals surface area contributed by atoms with Gasteiger partial charge in [-0.25, -0.2) is 4.68 Å². The van der Waals surface area contributed by atoms with Gasteiger partial charge in [-0.2, -0.15) is 18.3 Å². The molecule has 0 spiro atoms. The van der Waals surface area contributed by atoms with Crippen LogP contribution < -0.4 is 15.6 Å². The number of carbonyl (C=O) groups excluding carboxylic acids is 1. The van der Waals surface area contributed by atoms with E-state index in [2.05, 4.69) is 10.4 Å². The number of nitrogens with one attached hydrogen (secondary N) is 1. The summed E-state index contributed by atoms with van der Waals surface area (Å²) in [6.45, 7) is 0.302. The van der Waals surface area contributed by atoms with Gasteiger partial charge in [-0.15, -0.1) is 0 Å². The number of hydrogen-bond donors (Lipinski definition) is 1. The van der Waals surface area contributed by atoms with Crippen LogP contribution in [0.15, 0.2) is 29.2 Å². The number of ketones is 1. The molecule has 0 atom stereocenters. The lowest BCUT2D eigenvalue weighted by molar-refractivity contribution is -0.147. The molecular formula is C21H20Cl2F3N3O3. The van der Waals surface area contributed by atoms with E-state index in [1.54, 1.807) is 18.2 Å². The molecule has 5 rings (SSSR count). The molecule has 3 aliphatic carbocycles. The molecule has 1 aromatic carbocycles. The van der Waals surface area contributed by atoms with Crippen molar-refractivity contribution in [1.29, 1.82) is 0 Å². The lowest BCUT2D eigenvalue weighted by Crippen LogP contribution is -2.71. The molecule has 0 aliphatic heterocycles. The van der Waals surface area contributed by atoms with Gasteiger partial charge in [-0.1, -0.05) is 23.2 Å². The summed E-state index contributed by atoms with van der Waals surface area (Å²) in [5, 5.41) is 7.08. The Morgan fingerprint density at radius 1 is 1.25 bits per heavy atom. The second-order valence-electron chi connectivity index (χ2n) is 8.80. The number of hydrogen-bond acceptors (Lipinski definition) is 5. The van der Waals surface area contributed by atoms with Crippen LogP contribution in [0, 0.1) is 12.3 Å². The summed E-state index contributed by atoms with van der Waals surface area (Å²) in [4.78, 5) is 24.8. The van der Waals surface area contributed by atoms with Crippen LogP contribution in [0.25, 0.3) is 0 Å². The second kappa shape index (κ2) is 7.95. The third-order valence-electron chi connectivity index (χ3n) is 5.96. The molecule has 3 fully saturated rings. The monoisotopic (exact) mass is 489 g/mol. The summed E-state index contributed by atoms with van der Waals surface area (Å²) < 4.78 is 43.9. The fourth-order valence-electron chi connectivity index (χ4n) is 4.79. The molecule has 1 aromatic heterocycles. The first-order chi connectivity index (χ1) is 14.9. The Hall–Kier alpha value is -2.26. The minimum atomic E-state index is -4.57. The van der Waals surface area contributed by atoms with Crippen LogP contribution >= 0.6 is 23.2 Å². The SMILES string of the molecule is Cc1cc(OCC(=O)CC23CC(Nc4c(Cl)cnn(CC(F)(F)F)c4=O)(C2)C3)ccc1Cl. The summed E-state index contributed by atoms with van der Waals surface area (Å²) in [5.41, 5.74) is -0.765. The molecule has 0 radical (unpaired) electrons. The zero-order valence-electron chi connectivity index (χ0n) is 17.1. The van der Waals surface area contributed by atoms with Crippen molar-refractivity contribution in [2.45, 2.75) is 50.9 Å². The number of halogens is 5. The summed E-state index contributed by atoms with van der Waals surface area (Å²) in [6.07, 6.45) is -1.33. The number of Topliss-reactive ketones (excluding diaryl/α,β-unsaturated/α-hetero) is 1. The molecule has 0 unspecified atom stereocenters. The minimum Gasteiger partial charge on any atom is -0.486 e. The van der Waals surface area contributed by atoms with E-state index in [4.69, 9.17) is 27.9 Å². The van der Waals surface area contributed by atoms with Crippen molar-refractivity contribution in [3.8, 4) is 5.75 Å². The van der Waals surface area contributed by atoms with E-state index in [-0.39, 0.29) is 28.5 Å². The Labute approximate surface area is 191 Å². The molecule has 0 saturated heterocycles. The van der Waals surface area contributed by atoms with Gasteiger partial charge in [-0.05, 0) is 55.4 Å². The maximum atomic E-state index is 12.7. The van der Waals surface area contributed by atoms with Gasteiger partial charge in [0.1, 0.15) is 24.6 Å². The standard InChI is InChI=1S/C21H20Cl2F3N3O3/c1-12-4-14(2-3-15(12)22)32-7-13(30)5-19-8-20(9-19,10-19)28-17-16(23)6-27-29(18(17)31)11-21(24,25)26/h2-4,6,28H,5,7-11H2,1H3. The lowest BCUT2D eigenvalue weighted by Gasteiger charge is -2.71. The molecule has 6 nitrogen and oxygen atoms in total. The highest BCUT2D eigenvalue weighted by molar-refractivity contribution is 6.33. The van der Waals surface area contributed by atoms with Gasteiger partial charge in [-0.3, -0.25) is 9.59 Å². The molecule has 2 bridgehead atoms. The Morgan fingerprint density at radius 2 is 1.94 bits per heavy atom. The first kappa shape index (κ1) is 22.9. The van der Waals surface area contributed by atoms with Crippen LogP contribution in [-0.4, -0.2) is 33.9 Å².